The van der Waals surface area contributed by atoms with E-state index in [9.17, 15) is 4.79 Å². The predicted molar refractivity (Wildman–Crippen MR) is 71.9 cm³/mol. The first kappa shape index (κ1) is 14.7. The van der Waals surface area contributed by atoms with Gasteiger partial charge in [-0.3, -0.25) is 4.79 Å². The van der Waals surface area contributed by atoms with Gasteiger partial charge in [-0.2, -0.15) is 0 Å². The van der Waals surface area contributed by atoms with Crippen LogP contribution >= 0.6 is 0 Å². The van der Waals surface area contributed by atoms with Crippen LogP contribution in [0, 0.1) is 0 Å². The molecule has 1 rings (SSSR count). The maximum absolute atomic E-state index is 11.7. The number of nitrogens with one attached hydrogen (secondary N) is 1. The van der Waals surface area contributed by atoms with Crippen molar-refractivity contribution in [3.8, 4) is 0 Å². The van der Waals surface area contributed by atoms with E-state index in [0.717, 1.165) is 24.0 Å². The van der Waals surface area contributed by atoms with E-state index in [1.165, 1.54) is 0 Å². The summed E-state index contributed by atoms with van der Waals surface area (Å²) >= 11 is 0. The molecule has 1 aromatic carbocycles. The van der Waals surface area contributed by atoms with Gasteiger partial charge in [-0.15, -0.1) is 0 Å². The van der Waals surface area contributed by atoms with Crippen molar-refractivity contribution < 1.29 is 9.53 Å². The fourth-order valence-corrected chi connectivity index (χ4v) is 1.76. The molecule has 0 spiro atoms. The number of ether oxygens (including phenoxy) is 1. The lowest BCUT2D eigenvalue weighted by Crippen LogP contribution is -2.40. The molecule has 0 aromatic heterocycles. The summed E-state index contributed by atoms with van der Waals surface area (Å²) in [6.07, 6.45) is 1.63. The fourth-order valence-electron chi connectivity index (χ4n) is 1.76. The van der Waals surface area contributed by atoms with E-state index in [1.807, 2.05) is 31.2 Å². The van der Waals surface area contributed by atoms with Crippen molar-refractivity contribution in [2.45, 2.75) is 39.0 Å². The van der Waals surface area contributed by atoms with Crippen LogP contribution in [0.4, 0.5) is 0 Å². The lowest BCUT2D eigenvalue weighted by Gasteiger charge is -2.11. The van der Waals surface area contributed by atoms with Gasteiger partial charge < -0.3 is 15.8 Å². The van der Waals surface area contributed by atoms with Crippen molar-refractivity contribution in [1.82, 2.24) is 5.32 Å². The van der Waals surface area contributed by atoms with Crippen molar-refractivity contribution >= 4 is 5.91 Å². The monoisotopic (exact) mass is 250 g/mol. The quantitative estimate of drug-likeness (QED) is 0.772. The largest absolute Gasteiger partial charge is 0.380 e. The minimum Gasteiger partial charge on any atom is -0.380 e. The molecule has 100 valence electrons. The zero-order valence-electron chi connectivity index (χ0n) is 11.1. The molecule has 4 heteroatoms. The first-order valence-corrected chi connectivity index (χ1v) is 6.27. The number of hydrogen-bond acceptors (Lipinski definition) is 3. The number of amides is 1. The molecule has 1 aromatic rings. The number of nitrogens with two attached hydrogens (primary N) is 1. The number of methoxy groups -OCH3 is 1. The minimum absolute atomic E-state index is 0.0889. The van der Waals surface area contributed by atoms with Gasteiger partial charge >= 0.3 is 0 Å². The molecule has 1 atom stereocenters. The Morgan fingerprint density at radius 3 is 2.83 bits per heavy atom. The summed E-state index contributed by atoms with van der Waals surface area (Å²) < 4.78 is 5.07. The van der Waals surface area contributed by atoms with Crippen LogP contribution in [-0.2, 0) is 22.7 Å². The first-order valence-electron chi connectivity index (χ1n) is 6.27. The second-order valence-electron chi connectivity index (χ2n) is 4.37. The van der Waals surface area contributed by atoms with Gasteiger partial charge in [-0.1, -0.05) is 37.6 Å². The molecule has 0 saturated heterocycles. The molecule has 0 saturated carbocycles. The zero-order valence-corrected chi connectivity index (χ0v) is 11.1. The maximum Gasteiger partial charge on any atom is 0.237 e. The molecule has 18 heavy (non-hydrogen) atoms. The molecule has 0 heterocycles. The third-order valence-electron chi connectivity index (χ3n) is 2.71. The molecular weight excluding hydrogens is 228 g/mol. The molecule has 0 aliphatic carbocycles. The van der Waals surface area contributed by atoms with Crippen LogP contribution < -0.4 is 11.1 Å². The number of carbonyl (C=O) groups is 1. The Morgan fingerprint density at radius 1 is 1.44 bits per heavy atom. The van der Waals surface area contributed by atoms with Crippen LogP contribution in [0.3, 0.4) is 0 Å². The van der Waals surface area contributed by atoms with Crippen molar-refractivity contribution in [3.63, 3.8) is 0 Å². The highest BCUT2D eigenvalue weighted by atomic mass is 16.5. The summed E-state index contributed by atoms with van der Waals surface area (Å²) in [7, 11) is 1.66. The summed E-state index contributed by atoms with van der Waals surface area (Å²) in [5, 5.41) is 2.85. The van der Waals surface area contributed by atoms with Crippen molar-refractivity contribution in [1.29, 1.82) is 0 Å². The molecule has 0 aliphatic rings. The highest BCUT2D eigenvalue weighted by Crippen LogP contribution is 2.06. The second-order valence-corrected chi connectivity index (χ2v) is 4.37. The van der Waals surface area contributed by atoms with E-state index < -0.39 is 6.04 Å². The van der Waals surface area contributed by atoms with Crippen molar-refractivity contribution in [2.24, 2.45) is 5.73 Å². The normalized spacial score (nSPS) is 12.2. The van der Waals surface area contributed by atoms with E-state index in [1.54, 1.807) is 7.11 Å². The highest BCUT2D eigenvalue weighted by Gasteiger charge is 2.11. The maximum atomic E-state index is 11.7. The van der Waals surface area contributed by atoms with Gasteiger partial charge in [0.1, 0.15) is 0 Å². The average Bonchev–Trinajstić information content (AvgIpc) is 2.37. The summed E-state index contributed by atoms with van der Waals surface area (Å²) in [6.45, 7) is 3.10. The van der Waals surface area contributed by atoms with Crippen molar-refractivity contribution in [2.75, 3.05) is 7.11 Å². The van der Waals surface area contributed by atoms with Crippen LogP contribution in [0.5, 0.6) is 0 Å². The number of hydrogen-bond donors (Lipinski definition) is 2. The predicted octanol–water partition coefficient (Wildman–Crippen LogP) is 1.58. The number of rotatable bonds is 7. The van der Waals surface area contributed by atoms with Gasteiger partial charge in [0.25, 0.3) is 0 Å². The smallest absolute Gasteiger partial charge is 0.237 e. The third-order valence-corrected chi connectivity index (χ3v) is 2.71. The van der Waals surface area contributed by atoms with Crippen LogP contribution in [0.15, 0.2) is 24.3 Å². The lowest BCUT2D eigenvalue weighted by atomic mass is 10.1. The minimum atomic E-state index is -0.405. The van der Waals surface area contributed by atoms with Crippen LogP contribution in [0.1, 0.15) is 30.9 Å². The Bertz CT molecular complexity index is 380. The van der Waals surface area contributed by atoms with Gasteiger partial charge in [0.2, 0.25) is 5.91 Å². The standard InChI is InChI=1S/C14H22N2O2/c1-3-5-13(15)14(17)16-9-11-6-4-7-12(8-11)10-18-2/h4,6-8,13H,3,5,9-10,15H2,1-2H3,(H,16,17). The Hall–Kier alpha value is -1.39. The Kier molecular flexibility index (Phi) is 6.39. The summed E-state index contributed by atoms with van der Waals surface area (Å²) in [5.41, 5.74) is 7.89. The summed E-state index contributed by atoms with van der Waals surface area (Å²) in [6, 6.07) is 7.55. The highest BCUT2D eigenvalue weighted by molar-refractivity contribution is 5.81. The van der Waals surface area contributed by atoms with E-state index in [0.29, 0.717) is 13.2 Å². The molecule has 1 amide bonds. The van der Waals surface area contributed by atoms with Gasteiger partial charge in [0.05, 0.1) is 12.6 Å². The zero-order chi connectivity index (χ0) is 13.4. The number of carbonyl (C=O) groups excluding carboxylic acids is 1. The van der Waals surface area contributed by atoms with Gasteiger partial charge in [0.15, 0.2) is 0 Å². The van der Waals surface area contributed by atoms with E-state index in [4.69, 9.17) is 10.5 Å². The van der Waals surface area contributed by atoms with E-state index in [2.05, 4.69) is 5.32 Å². The van der Waals surface area contributed by atoms with Gasteiger partial charge in [0, 0.05) is 13.7 Å². The van der Waals surface area contributed by atoms with E-state index >= 15 is 0 Å². The molecule has 0 aliphatic heterocycles. The Labute approximate surface area is 109 Å². The van der Waals surface area contributed by atoms with Crippen LogP contribution in [-0.4, -0.2) is 19.1 Å². The summed E-state index contributed by atoms with van der Waals surface area (Å²) in [4.78, 5) is 11.7. The Balaban J connectivity index is 2.47. The first-order chi connectivity index (χ1) is 8.67. The van der Waals surface area contributed by atoms with Crippen molar-refractivity contribution in [3.05, 3.63) is 35.4 Å². The van der Waals surface area contributed by atoms with Crippen LogP contribution in [0.2, 0.25) is 0 Å². The molecule has 0 fully saturated rings. The number of benzene rings is 1. The van der Waals surface area contributed by atoms with Gasteiger partial charge in [-0.25, -0.2) is 0 Å². The van der Waals surface area contributed by atoms with E-state index in [-0.39, 0.29) is 5.91 Å². The lowest BCUT2D eigenvalue weighted by molar-refractivity contribution is -0.122. The second kappa shape index (κ2) is 7.84. The SMILES string of the molecule is CCCC(N)C(=O)NCc1cccc(COC)c1. The van der Waals surface area contributed by atoms with Crippen LogP contribution in [0.25, 0.3) is 0 Å². The van der Waals surface area contributed by atoms with Gasteiger partial charge in [-0.05, 0) is 17.5 Å². The molecule has 3 N–H and O–H groups in total. The molecule has 0 radical (unpaired) electrons. The molecule has 0 bridgehead atoms. The fraction of sp³-hybridized carbons (Fsp3) is 0.500. The molecular formula is C14H22N2O2. The molecule has 4 nitrogen and oxygen atoms in total. The molecule has 1 unspecified atom stereocenters. The third kappa shape index (κ3) is 4.85. The Morgan fingerprint density at radius 2 is 2.17 bits per heavy atom. The topological polar surface area (TPSA) is 64.4 Å². The average molecular weight is 250 g/mol. The summed E-state index contributed by atoms with van der Waals surface area (Å²) in [5.74, 6) is -0.0889.